The first kappa shape index (κ1) is 14.1. The zero-order valence-electron chi connectivity index (χ0n) is 9.23. The molecule has 0 heterocycles. The van der Waals surface area contributed by atoms with Crippen LogP contribution in [0.2, 0.25) is 0 Å². The fourth-order valence-electron chi connectivity index (χ4n) is 1.19. The highest BCUT2D eigenvalue weighted by Crippen LogP contribution is 2.20. The molecule has 94 valence electrons. The van der Waals surface area contributed by atoms with Gasteiger partial charge in [0.1, 0.15) is 0 Å². The molecule has 0 fully saturated rings. The van der Waals surface area contributed by atoms with Crippen LogP contribution in [-0.2, 0) is 10.0 Å². The number of primary sulfonamides is 1. The van der Waals surface area contributed by atoms with Crippen molar-refractivity contribution in [1.29, 1.82) is 0 Å². The van der Waals surface area contributed by atoms with Gasteiger partial charge in [0.2, 0.25) is 10.0 Å². The van der Waals surface area contributed by atoms with Gasteiger partial charge < -0.3 is 5.32 Å². The lowest BCUT2D eigenvalue weighted by molar-refractivity contribution is 0.0952. The Balaban J connectivity index is 3.11. The van der Waals surface area contributed by atoms with Gasteiger partial charge in [0, 0.05) is 11.0 Å². The monoisotopic (exact) mass is 320 g/mol. The molecule has 0 aromatic heterocycles. The number of halogens is 1. The van der Waals surface area contributed by atoms with Crippen molar-refractivity contribution >= 4 is 31.9 Å². The van der Waals surface area contributed by atoms with Crippen molar-refractivity contribution in [2.24, 2.45) is 5.14 Å². The number of hydrogen-bond donors (Lipinski definition) is 2. The number of carbonyl (C=O) groups excluding carboxylic acids is 1. The highest BCUT2D eigenvalue weighted by Gasteiger charge is 2.14. The van der Waals surface area contributed by atoms with Gasteiger partial charge >= 0.3 is 0 Å². The highest BCUT2D eigenvalue weighted by atomic mass is 79.9. The average Bonchev–Trinajstić information content (AvgIpc) is 2.24. The molecule has 0 unspecified atom stereocenters. The minimum atomic E-state index is -3.80. The molecule has 0 bridgehead atoms. The summed E-state index contributed by atoms with van der Waals surface area (Å²) in [6.45, 7) is 2.46. The summed E-state index contributed by atoms with van der Waals surface area (Å²) in [5.74, 6) is -0.329. The van der Waals surface area contributed by atoms with Crippen molar-refractivity contribution in [3.63, 3.8) is 0 Å². The quantitative estimate of drug-likeness (QED) is 0.874. The Hall–Kier alpha value is -0.920. The number of amides is 1. The lowest BCUT2D eigenvalue weighted by Crippen LogP contribution is -2.25. The maximum atomic E-state index is 11.7. The average molecular weight is 321 g/mol. The SMILES string of the molecule is CCCNC(=O)c1cc(S(N)(=O)=O)ccc1Br. The standard InChI is InChI=1S/C10H13BrN2O3S/c1-2-5-13-10(14)8-6-7(17(12,15)16)3-4-9(8)11/h3-4,6H,2,5H2,1H3,(H,13,14)(H2,12,15,16). The van der Waals surface area contributed by atoms with E-state index in [0.29, 0.717) is 11.0 Å². The highest BCUT2D eigenvalue weighted by molar-refractivity contribution is 9.10. The molecule has 0 atom stereocenters. The van der Waals surface area contributed by atoms with Crippen LogP contribution in [0.5, 0.6) is 0 Å². The van der Waals surface area contributed by atoms with E-state index in [-0.39, 0.29) is 16.4 Å². The lowest BCUT2D eigenvalue weighted by atomic mass is 10.2. The number of sulfonamides is 1. The Bertz CT molecular complexity index is 528. The molecular weight excluding hydrogens is 308 g/mol. The Kier molecular flexibility index (Phi) is 4.67. The Morgan fingerprint density at radius 3 is 2.65 bits per heavy atom. The normalized spacial score (nSPS) is 11.2. The van der Waals surface area contributed by atoms with Crippen molar-refractivity contribution in [2.45, 2.75) is 18.2 Å². The van der Waals surface area contributed by atoms with Gasteiger partial charge in [-0.3, -0.25) is 4.79 Å². The van der Waals surface area contributed by atoms with Gasteiger partial charge in [-0.05, 0) is 40.5 Å². The second kappa shape index (κ2) is 5.61. The predicted molar refractivity (Wildman–Crippen MR) is 68.1 cm³/mol. The number of carbonyl (C=O) groups is 1. The smallest absolute Gasteiger partial charge is 0.252 e. The lowest BCUT2D eigenvalue weighted by Gasteiger charge is -2.07. The van der Waals surface area contributed by atoms with E-state index >= 15 is 0 Å². The van der Waals surface area contributed by atoms with E-state index in [2.05, 4.69) is 21.2 Å². The Morgan fingerprint density at radius 1 is 1.47 bits per heavy atom. The number of benzene rings is 1. The topological polar surface area (TPSA) is 89.3 Å². The van der Waals surface area contributed by atoms with Crippen LogP contribution in [0.1, 0.15) is 23.7 Å². The molecular formula is C10H13BrN2O3S. The molecule has 17 heavy (non-hydrogen) atoms. The summed E-state index contributed by atoms with van der Waals surface area (Å²) in [6, 6.07) is 4.08. The van der Waals surface area contributed by atoms with Gasteiger partial charge in [0.15, 0.2) is 0 Å². The van der Waals surface area contributed by atoms with Crippen LogP contribution < -0.4 is 10.5 Å². The van der Waals surface area contributed by atoms with Crippen molar-refractivity contribution in [3.8, 4) is 0 Å². The van der Waals surface area contributed by atoms with Gasteiger partial charge in [-0.1, -0.05) is 6.92 Å². The molecule has 0 spiro atoms. The summed E-state index contributed by atoms with van der Waals surface area (Å²) in [5, 5.41) is 7.66. The summed E-state index contributed by atoms with van der Waals surface area (Å²) in [5.41, 5.74) is 0.255. The van der Waals surface area contributed by atoms with Crippen molar-refractivity contribution < 1.29 is 13.2 Å². The van der Waals surface area contributed by atoms with Crippen LogP contribution in [0, 0.1) is 0 Å². The second-order valence-corrected chi connectivity index (χ2v) is 5.86. The third-order valence-corrected chi connectivity index (χ3v) is 3.65. The molecule has 7 heteroatoms. The molecule has 5 nitrogen and oxygen atoms in total. The molecule has 3 N–H and O–H groups in total. The second-order valence-electron chi connectivity index (χ2n) is 3.44. The third kappa shape index (κ3) is 3.79. The van der Waals surface area contributed by atoms with Crippen molar-refractivity contribution in [2.75, 3.05) is 6.54 Å². The van der Waals surface area contributed by atoms with E-state index in [4.69, 9.17) is 5.14 Å². The molecule has 0 aliphatic rings. The summed E-state index contributed by atoms with van der Waals surface area (Å²) in [7, 11) is -3.80. The van der Waals surface area contributed by atoms with Crippen LogP contribution in [0.25, 0.3) is 0 Å². The first-order valence-electron chi connectivity index (χ1n) is 4.96. The fraction of sp³-hybridized carbons (Fsp3) is 0.300. The predicted octanol–water partition coefficient (Wildman–Crippen LogP) is 1.24. The number of hydrogen-bond acceptors (Lipinski definition) is 3. The maximum Gasteiger partial charge on any atom is 0.252 e. The zero-order chi connectivity index (χ0) is 13.1. The van der Waals surface area contributed by atoms with Crippen LogP contribution in [-0.4, -0.2) is 20.9 Å². The third-order valence-electron chi connectivity index (χ3n) is 2.05. The van der Waals surface area contributed by atoms with Crippen LogP contribution in [0.15, 0.2) is 27.6 Å². The maximum absolute atomic E-state index is 11.7. The minimum Gasteiger partial charge on any atom is -0.352 e. The zero-order valence-corrected chi connectivity index (χ0v) is 11.6. The number of nitrogens with one attached hydrogen (secondary N) is 1. The van der Waals surface area contributed by atoms with Crippen molar-refractivity contribution in [3.05, 3.63) is 28.2 Å². The summed E-state index contributed by atoms with van der Waals surface area (Å²) in [6.07, 6.45) is 0.804. The van der Waals surface area contributed by atoms with Crippen LogP contribution >= 0.6 is 15.9 Å². The first-order chi connectivity index (χ1) is 7.86. The molecule has 1 aromatic rings. The van der Waals surface area contributed by atoms with Gasteiger partial charge in [0.05, 0.1) is 10.5 Å². The molecule has 1 aromatic carbocycles. The summed E-state index contributed by atoms with van der Waals surface area (Å²) in [4.78, 5) is 11.6. The molecule has 1 amide bonds. The van der Waals surface area contributed by atoms with E-state index < -0.39 is 10.0 Å². The molecule has 0 aliphatic heterocycles. The molecule has 0 radical (unpaired) electrons. The van der Waals surface area contributed by atoms with E-state index in [1.165, 1.54) is 18.2 Å². The first-order valence-corrected chi connectivity index (χ1v) is 7.30. The number of nitrogens with two attached hydrogens (primary N) is 1. The summed E-state index contributed by atoms with van der Waals surface area (Å²) < 4.78 is 22.9. The molecule has 0 saturated carbocycles. The van der Waals surface area contributed by atoms with E-state index in [0.717, 1.165) is 6.42 Å². The van der Waals surface area contributed by atoms with Gasteiger partial charge in [-0.2, -0.15) is 0 Å². The van der Waals surface area contributed by atoms with Gasteiger partial charge in [0.25, 0.3) is 5.91 Å². The van der Waals surface area contributed by atoms with Gasteiger partial charge in [-0.25, -0.2) is 13.6 Å². The Morgan fingerprint density at radius 2 is 2.12 bits per heavy atom. The molecule has 0 aliphatic carbocycles. The minimum absolute atomic E-state index is 0.0812. The van der Waals surface area contributed by atoms with E-state index in [9.17, 15) is 13.2 Å². The number of rotatable bonds is 4. The summed E-state index contributed by atoms with van der Waals surface area (Å²) >= 11 is 3.19. The van der Waals surface area contributed by atoms with Gasteiger partial charge in [-0.15, -0.1) is 0 Å². The van der Waals surface area contributed by atoms with Crippen LogP contribution in [0.4, 0.5) is 0 Å². The van der Waals surface area contributed by atoms with E-state index in [1.54, 1.807) is 0 Å². The fourth-order valence-corrected chi connectivity index (χ4v) is 2.16. The van der Waals surface area contributed by atoms with E-state index in [1.807, 2.05) is 6.92 Å². The largest absolute Gasteiger partial charge is 0.352 e. The Labute approximate surface area is 109 Å². The van der Waals surface area contributed by atoms with Crippen LogP contribution in [0.3, 0.4) is 0 Å². The van der Waals surface area contributed by atoms with Crippen molar-refractivity contribution in [1.82, 2.24) is 5.32 Å². The molecule has 1 rings (SSSR count). The molecule has 0 saturated heterocycles.